The Morgan fingerprint density at radius 2 is 2.15 bits per heavy atom. The fraction of sp³-hybridized carbons (Fsp3) is 0.529. The van der Waals surface area contributed by atoms with Gasteiger partial charge in [-0.15, -0.1) is 0 Å². The molecular formula is C17H25NO2. The third kappa shape index (κ3) is 3.69. The van der Waals surface area contributed by atoms with Gasteiger partial charge in [0.1, 0.15) is 11.9 Å². The van der Waals surface area contributed by atoms with Gasteiger partial charge >= 0.3 is 0 Å². The summed E-state index contributed by atoms with van der Waals surface area (Å²) >= 11 is 0. The van der Waals surface area contributed by atoms with Gasteiger partial charge in [-0.3, -0.25) is 0 Å². The molecule has 0 spiro atoms. The van der Waals surface area contributed by atoms with Crippen LogP contribution in [0.15, 0.2) is 30.5 Å². The van der Waals surface area contributed by atoms with Gasteiger partial charge in [0.15, 0.2) is 0 Å². The van der Waals surface area contributed by atoms with E-state index in [0.29, 0.717) is 0 Å². The van der Waals surface area contributed by atoms with Crippen LogP contribution in [0.5, 0.6) is 5.75 Å². The summed E-state index contributed by atoms with van der Waals surface area (Å²) in [6, 6.07) is 6.34. The molecule has 0 amide bonds. The fourth-order valence-corrected chi connectivity index (χ4v) is 2.27. The van der Waals surface area contributed by atoms with Gasteiger partial charge in [-0.25, -0.2) is 0 Å². The summed E-state index contributed by atoms with van der Waals surface area (Å²) in [5.41, 5.74) is 2.47. The first-order valence-corrected chi connectivity index (χ1v) is 7.23. The average molecular weight is 275 g/mol. The summed E-state index contributed by atoms with van der Waals surface area (Å²) in [4.78, 5) is 0. The Morgan fingerprint density at radius 1 is 1.35 bits per heavy atom. The zero-order chi connectivity index (χ0) is 14.6. The molecule has 0 radical (unpaired) electrons. The maximum atomic E-state index is 5.59. The molecule has 0 aliphatic carbocycles. The number of rotatable bonds is 4. The Bertz CT molecular complexity index is 474. The van der Waals surface area contributed by atoms with Crippen LogP contribution in [0.4, 0.5) is 5.69 Å². The Hall–Kier alpha value is -1.64. The van der Waals surface area contributed by atoms with Crippen LogP contribution < -0.4 is 10.1 Å². The van der Waals surface area contributed by atoms with Crippen molar-refractivity contribution in [3.63, 3.8) is 0 Å². The first kappa shape index (κ1) is 14.8. The Balaban J connectivity index is 2.10. The number of methoxy groups -OCH3 is 1. The van der Waals surface area contributed by atoms with E-state index in [1.54, 1.807) is 13.4 Å². The summed E-state index contributed by atoms with van der Waals surface area (Å²) in [7, 11) is 1.71. The van der Waals surface area contributed by atoms with Crippen LogP contribution in [0.1, 0.15) is 39.2 Å². The van der Waals surface area contributed by atoms with Crippen LogP contribution in [0, 0.1) is 0 Å². The highest BCUT2D eigenvalue weighted by atomic mass is 16.5. The fourth-order valence-electron chi connectivity index (χ4n) is 2.27. The molecule has 1 aromatic carbocycles. The van der Waals surface area contributed by atoms with Gasteiger partial charge in [-0.2, -0.15) is 0 Å². The molecule has 0 bridgehead atoms. The molecular weight excluding hydrogens is 250 g/mol. The molecule has 1 atom stereocenters. The Labute approximate surface area is 122 Å². The minimum Gasteiger partial charge on any atom is -0.497 e. The van der Waals surface area contributed by atoms with E-state index in [1.807, 2.05) is 6.07 Å². The van der Waals surface area contributed by atoms with E-state index in [4.69, 9.17) is 9.47 Å². The zero-order valence-corrected chi connectivity index (χ0v) is 12.9. The van der Waals surface area contributed by atoms with Crippen LogP contribution in [0.2, 0.25) is 0 Å². The predicted molar refractivity (Wildman–Crippen MR) is 83.4 cm³/mol. The molecule has 110 valence electrons. The second-order valence-electron chi connectivity index (χ2n) is 6.25. The molecule has 1 aliphatic rings. The largest absolute Gasteiger partial charge is 0.497 e. The van der Waals surface area contributed by atoms with E-state index in [0.717, 1.165) is 30.8 Å². The molecule has 1 aliphatic heterocycles. The number of benzene rings is 1. The number of allylic oxidation sites excluding steroid dienone is 1. The van der Waals surface area contributed by atoms with Crippen LogP contribution in [0.3, 0.4) is 0 Å². The molecule has 1 unspecified atom stereocenters. The maximum Gasteiger partial charge on any atom is 0.141 e. The van der Waals surface area contributed by atoms with Crippen molar-refractivity contribution in [2.24, 2.45) is 0 Å². The topological polar surface area (TPSA) is 30.5 Å². The number of ether oxygens (including phenoxy) is 2. The van der Waals surface area contributed by atoms with Gasteiger partial charge in [-0.1, -0.05) is 26.8 Å². The lowest BCUT2D eigenvalue weighted by Crippen LogP contribution is -2.23. The average Bonchev–Trinajstić information content (AvgIpc) is 2.45. The minimum atomic E-state index is 0.132. The van der Waals surface area contributed by atoms with Crippen molar-refractivity contribution in [1.29, 1.82) is 0 Å². The molecule has 3 heteroatoms. The Kier molecular flexibility index (Phi) is 4.58. The van der Waals surface area contributed by atoms with Crippen LogP contribution in [0.25, 0.3) is 0 Å². The van der Waals surface area contributed by atoms with Crippen molar-refractivity contribution in [1.82, 2.24) is 0 Å². The lowest BCUT2D eigenvalue weighted by Gasteiger charge is -2.23. The minimum absolute atomic E-state index is 0.132. The first-order valence-electron chi connectivity index (χ1n) is 7.23. The summed E-state index contributed by atoms with van der Waals surface area (Å²) in [6.45, 7) is 7.45. The third-order valence-corrected chi connectivity index (χ3v) is 3.61. The van der Waals surface area contributed by atoms with Gasteiger partial charge in [0.05, 0.1) is 25.6 Å². The van der Waals surface area contributed by atoms with Crippen molar-refractivity contribution in [2.45, 2.75) is 45.1 Å². The van der Waals surface area contributed by atoms with Crippen molar-refractivity contribution >= 4 is 5.69 Å². The van der Waals surface area contributed by atoms with E-state index in [-0.39, 0.29) is 11.5 Å². The van der Waals surface area contributed by atoms with Gasteiger partial charge in [0.2, 0.25) is 0 Å². The van der Waals surface area contributed by atoms with Crippen molar-refractivity contribution in [3.8, 4) is 5.75 Å². The molecule has 2 rings (SSSR count). The summed E-state index contributed by atoms with van der Waals surface area (Å²) in [5.74, 6) is 0.879. The van der Waals surface area contributed by atoms with Crippen molar-refractivity contribution < 1.29 is 9.47 Å². The Morgan fingerprint density at radius 3 is 2.75 bits per heavy atom. The molecule has 1 aromatic rings. The molecule has 1 N–H and O–H groups in total. The second kappa shape index (κ2) is 6.21. The van der Waals surface area contributed by atoms with Gasteiger partial charge in [-0.05, 0) is 42.0 Å². The highest BCUT2D eigenvalue weighted by Crippen LogP contribution is 2.31. The highest BCUT2D eigenvalue weighted by Gasteiger charge is 2.17. The smallest absolute Gasteiger partial charge is 0.141 e. The SMILES string of the molecule is COc1ccc(C(C)(C)C)cc1NCC1CCC=CO1. The van der Waals surface area contributed by atoms with E-state index in [1.165, 1.54) is 5.56 Å². The maximum absolute atomic E-state index is 5.59. The molecule has 0 fully saturated rings. The molecule has 0 aromatic heterocycles. The number of hydrogen-bond donors (Lipinski definition) is 1. The summed E-state index contributed by atoms with van der Waals surface area (Å²) < 4.78 is 11.0. The van der Waals surface area contributed by atoms with E-state index in [9.17, 15) is 0 Å². The quantitative estimate of drug-likeness (QED) is 0.897. The molecule has 1 heterocycles. The molecule has 3 nitrogen and oxygen atoms in total. The summed E-state index contributed by atoms with van der Waals surface area (Å²) in [5, 5.41) is 3.46. The number of anilines is 1. The third-order valence-electron chi connectivity index (χ3n) is 3.61. The zero-order valence-electron chi connectivity index (χ0n) is 12.9. The summed E-state index contributed by atoms with van der Waals surface area (Å²) in [6.07, 6.45) is 6.26. The van der Waals surface area contributed by atoms with Crippen molar-refractivity contribution in [2.75, 3.05) is 19.0 Å². The van der Waals surface area contributed by atoms with E-state index in [2.05, 4.69) is 44.3 Å². The van der Waals surface area contributed by atoms with Crippen LogP contribution in [-0.2, 0) is 10.2 Å². The van der Waals surface area contributed by atoms with Gasteiger partial charge in [0, 0.05) is 0 Å². The van der Waals surface area contributed by atoms with Crippen LogP contribution in [-0.4, -0.2) is 19.8 Å². The number of hydrogen-bond acceptors (Lipinski definition) is 3. The lowest BCUT2D eigenvalue weighted by atomic mass is 9.87. The number of nitrogens with one attached hydrogen (secondary N) is 1. The standard InChI is InChI=1S/C17H25NO2/c1-17(2,3)13-8-9-16(19-4)15(11-13)18-12-14-7-5-6-10-20-14/h6,8-11,14,18H,5,7,12H2,1-4H3. The molecule has 0 saturated heterocycles. The van der Waals surface area contributed by atoms with Crippen molar-refractivity contribution in [3.05, 3.63) is 36.1 Å². The second-order valence-corrected chi connectivity index (χ2v) is 6.25. The normalized spacial score (nSPS) is 18.5. The molecule has 20 heavy (non-hydrogen) atoms. The monoisotopic (exact) mass is 275 g/mol. The van der Waals surface area contributed by atoms with Crippen LogP contribution >= 0.6 is 0 Å². The van der Waals surface area contributed by atoms with Gasteiger partial charge in [0.25, 0.3) is 0 Å². The van der Waals surface area contributed by atoms with Gasteiger partial charge < -0.3 is 14.8 Å². The lowest BCUT2D eigenvalue weighted by molar-refractivity contribution is 0.135. The van der Waals surface area contributed by atoms with E-state index < -0.39 is 0 Å². The first-order chi connectivity index (χ1) is 9.50. The predicted octanol–water partition coefficient (Wildman–Crippen LogP) is 4.10. The highest BCUT2D eigenvalue weighted by molar-refractivity contribution is 5.59. The van der Waals surface area contributed by atoms with E-state index >= 15 is 0 Å². The molecule has 0 saturated carbocycles.